The number of rotatable bonds is 7. The van der Waals surface area contributed by atoms with Gasteiger partial charge in [-0.1, -0.05) is 12.1 Å². The van der Waals surface area contributed by atoms with Crippen molar-refractivity contribution in [2.75, 3.05) is 11.6 Å². The lowest BCUT2D eigenvalue weighted by molar-refractivity contribution is -0.153. The molecule has 0 radical (unpaired) electrons. The molecule has 0 spiro atoms. The number of anilines is 1. The van der Waals surface area contributed by atoms with Crippen LogP contribution in [0.4, 0.5) is 5.00 Å². The summed E-state index contributed by atoms with van der Waals surface area (Å²) in [5.41, 5.74) is 2.04. The smallest absolute Gasteiger partial charge is 0.326 e. The number of nitrogens with one attached hydrogen (secondary N) is 1. The maximum absolute atomic E-state index is 12.4. The van der Waals surface area contributed by atoms with Crippen LogP contribution >= 0.6 is 23.1 Å². The average Bonchev–Trinajstić information content (AvgIpc) is 3.26. The maximum atomic E-state index is 12.4. The molecule has 1 amide bonds. The molecule has 2 heterocycles. The van der Waals surface area contributed by atoms with Gasteiger partial charge in [0.2, 0.25) is 0 Å². The monoisotopic (exact) mass is 414 g/mol. The summed E-state index contributed by atoms with van der Waals surface area (Å²) in [5.74, 6) is 0.430. The third-order valence-electron chi connectivity index (χ3n) is 3.99. The van der Waals surface area contributed by atoms with Crippen LogP contribution in [0.1, 0.15) is 18.3 Å². The molecule has 0 saturated carbocycles. The highest BCUT2D eigenvalue weighted by atomic mass is 32.2. The molecule has 1 aromatic carbocycles. The Kier molecular flexibility index (Phi) is 6.34. The number of benzene rings is 1. The zero-order valence-corrected chi connectivity index (χ0v) is 17.0. The Morgan fingerprint density at radius 2 is 2.18 bits per heavy atom. The standard InChI is InChI=1S/C19H18N4O3S2/c1-12(18(25)22-19-13(9-20)7-8-28-19)26-17(24)10-23-15-6-4-3-5-14(15)21-16(23)11-27-2/h3-8,12H,10-11H2,1-2H3,(H,22,25)/t12-/m1/s1. The van der Waals surface area contributed by atoms with E-state index < -0.39 is 18.0 Å². The molecule has 28 heavy (non-hydrogen) atoms. The van der Waals surface area contributed by atoms with Gasteiger partial charge in [0, 0.05) is 0 Å². The Bertz CT molecular complexity index is 1050. The number of amides is 1. The number of esters is 1. The van der Waals surface area contributed by atoms with Crippen molar-refractivity contribution < 1.29 is 14.3 Å². The van der Waals surface area contributed by atoms with Crippen molar-refractivity contribution in [3.63, 3.8) is 0 Å². The van der Waals surface area contributed by atoms with Crippen LogP contribution in [0.2, 0.25) is 0 Å². The Labute approximate surface area is 170 Å². The van der Waals surface area contributed by atoms with Gasteiger partial charge in [-0.3, -0.25) is 9.59 Å². The minimum absolute atomic E-state index is 0.0313. The van der Waals surface area contributed by atoms with Crippen LogP contribution < -0.4 is 5.32 Å². The van der Waals surface area contributed by atoms with Crippen molar-refractivity contribution in [1.29, 1.82) is 5.26 Å². The normalized spacial score (nSPS) is 11.8. The number of aromatic nitrogens is 2. The predicted octanol–water partition coefficient (Wildman–Crippen LogP) is 3.40. The van der Waals surface area contributed by atoms with Gasteiger partial charge < -0.3 is 14.6 Å². The van der Waals surface area contributed by atoms with Crippen LogP contribution in [0, 0.1) is 11.3 Å². The highest BCUT2D eigenvalue weighted by molar-refractivity contribution is 7.97. The molecule has 0 aliphatic heterocycles. The van der Waals surface area contributed by atoms with Gasteiger partial charge >= 0.3 is 5.97 Å². The summed E-state index contributed by atoms with van der Waals surface area (Å²) in [7, 11) is 0. The number of nitriles is 1. The predicted molar refractivity (Wildman–Crippen MR) is 110 cm³/mol. The molecule has 3 rings (SSSR count). The minimum Gasteiger partial charge on any atom is -0.451 e. The molecule has 144 valence electrons. The highest BCUT2D eigenvalue weighted by Crippen LogP contribution is 2.23. The molecular weight excluding hydrogens is 396 g/mol. The van der Waals surface area contributed by atoms with E-state index in [1.54, 1.807) is 23.2 Å². The molecule has 3 aromatic rings. The SMILES string of the molecule is CSCc1nc2ccccc2n1CC(=O)O[C@H](C)C(=O)Nc1sccc1C#N. The first kappa shape index (κ1) is 19.9. The first-order valence-corrected chi connectivity index (χ1v) is 10.7. The molecule has 0 bridgehead atoms. The molecule has 2 aromatic heterocycles. The molecule has 1 atom stereocenters. The summed E-state index contributed by atoms with van der Waals surface area (Å²) in [6.07, 6.45) is 0.981. The number of thiophene rings is 1. The van der Waals surface area contributed by atoms with Crippen LogP contribution in [0.25, 0.3) is 11.0 Å². The van der Waals surface area contributed by atoms with E-state index in [0.29, 0.717) is 16.3 Å². The van der Waals surface area contributed by atoms with Gasteiger partial charge in [-0.15, -0.1) is 11.3 Å². The van der Waals surface area contributed by atoms with Gasteiger partial charge in [0.05, 0.1) is 22.3 Å². The molecule has 0 fully saturated rings. The van der Waals surface area contributed by atoms with Gasteiger partial charge in [-0.2, -0.15) is 17.0 Å². The quantitative estimate of drug-likeness (QED) is 0.595. The second-order valence-corrected chi connectivity index (χ2v) is 7.71. The van der Waals surface area contributed by atoms with Crippen molar-refractivity contribution in [3.8, 4) is 6.07 Å². The van der Waals surface area contributed by atoms with E-state index in [2.05, 4.69) is 10.3 Å². The number of hydrogen-bond acceptors (Lipinski definition) is 7. The number of carbonyl (C=O) groups is 2. The Morgan fingerprint density at radius 1 is 1.39 bits per heavy atom. The number of fused-ring (bicyclic) bond motifs is 1. The highest BCUT2D eigenvalue weighted by Gasteiger charge is 2.21. The van der Waals surface area contributed by atoms with Crippen molar-refractivity contribution in [2.24, 2.45) is 0 Å². The van der Waals surface area contributed by atoms with E-state index in [4.69, 9.17) is 10.00 Å². The lowest BCUT2D eigenvalue weighted by Crippen LogP contribution is -2.31. The molecule has 9 heteroatoms. The largest absolute Gasteiger partial charge is 0.451 e. The van der Waals surface area contributed by atoms with Crippen LogP contribution in [0.15, 0.2) is 35.7 Å². The molecule has 0 aliphatic rings. The number of imidazole rings is 1. The third-order valence-corrected chi connectivity index (χ3v) is 5.37. The lowest BCUT2D eigenvalue weighted by atomic mass is 10.3. The van der Waals surface area contributed by atoms with E-state index >= 15 is 0 Å². The number of nitrogens with zero attached hydrogens (tertiary/aromatic N) is 3. The van der Waals surface area contributed by atoms with E-state index in [9.17, 15) is 9.59 Å². The fourth-order valence-electron chi connectivity index (χ4n) is 2.67. The number of thioether (sulfide) groups is 1. The summed E-state index contributed by atoms with van der Waals surface area (Å²) in [5, 5.41) is 13.8. The van der Waals surface area contributed by atoms with Crippen molar-refractivity contribution in [2.45, 2.75) is 25.3 Å². The summed E-state index contributed by atoms with van der Waals surface area (Å²) < 4.78 is 7.12. The second kappa shape index (κ2) is 8.91. The molecule has 1 N–H and O–H groups in total. The van der Waals surface area contributed by atoms with Crippen molar-refractivity contribution >= 4 is 51.0 Å². The van der Waals surface area contributed by atoms with E-state index in [0.717, 1.165) is 16.9 Å². The first-order valence-electron chi connectivity index (χ1n) is 8.44. The fourth-order valence-corrected chi connectivity index (χ4v) is 3.88. The number of hydrogen-bond donors (Lipinski definition) is 1. The summed E-state index contributed by atoms with van der Waals surface area (Å²) >= 11 is 2.85. The van der Waals surface area contributed by atoms with Crippen LogP contribution in [-0.4, -0.2) is 33.8 Å². The fraction of sp³-hybridized carbons (Fsp3) is 0.263. The average molecular weight is 415 g/mol. The van der Waals surface area contributed by atoms with Gasteiger partial charge in [0.1, 0.15) is 23.4 Å². The number of para-hydroxylation sites is 2. The van der Waals surface area contributed by atoms with Gasteiger partial charge in [0.25, 0.3) is 5.91 Å². The topological polar surface area (TPSA) is 97.0 Å². The third kappa shape index (κ3) is 4.35. The van der Waals surface area contributed by atoms with Gasteiger partial charge in [-0.25, -0.2) is 4.98 Å². The van der Waals surface area contributed by atoms with Crippen LogP contribution in [0.3, 0.4) is 0 Å². The lowest BCUT2D eigenvalue weighted by Gasteiger charge is -2.14. The molecule has 0 saturated heterocycles. The van der Waals surface area contributed by atoms with E-state index in [-0.39, 0.29) is 6.54 Å². The van der Waals surface area contributed by atoms with Crippen LogP contribution in [-0.2, 0) is 26.6 Å². The van der Waals surface area contributed by atoms with Crippen LogP contribution in [0.5, 0.6) is 0 Å². The molecule has 0 aliphatic carbocycles. The Balaban J connectivity index is 1.68. The first-order chi connectivity index (χ1) is 13.5. The summed E-state index contributed by atoms with van der Waals surface area (Å²) in [6, 6.07) is 11.2. The van der Waals surface area contributed by atoms with E-state index in [1.165, 1.54) is 18.3 Å². The maximum Gasteiger partial charge on any atom is 0.326 e. The second-order valence-electron chi connectivity index (χ2n) is 5.93. The van der Waals surface area contributed by atoms with Crippen molar-refractivity contribution in [1.82, 2.24) is 9.55 Å². The zero-order valence-electron chi connectivity index (χ0n) is 15.3. The Morgan fingerprint density at radius 3 is 2.93 bits per heavy atom. The number of carbonyl (C=O) groups excluding carboxylic acids is 2. The van der Waals surface area contributed by atoms with Crippen molar-refractivity contribution in [3.05, 3.63) is 47.1 Å². The molecule has 0 unspecified atom stereocenters. The zero-order chi connectivity index (χ0) is 20.1. The van der Waals surface area contributed by atoms with E-state index in [1.807, 2.05) is 41.2 Å². The number of ether oxygens (including phenoxy) is 1. The molecule has 7 nitrogen and oxygen atoms in total. The van der Waals surface area contributed by atoms with Gasteiger partial charge in [0.15, 0.2) is 6.10 Å². The summed E-state index contributed by atoms with van der Waals surface area (Å²) in [4.78, 5) is 29.3. The minimum atomic E-state index is -0.986. The summed E-state index contributed by atoms with van der Waals surface area (Å²) in [6.45, 7) is 1.47. The Hall–Kier alpha value is -2.83. The molecular formula is C19H18N4O3S2. The van der Waals surface area contributed by atoms with Gasteiger partial charge in [-0.05, 0) is 36.8 Å².